The Morgan fingerprint density at radius 3 is 3.00 bits per heavy atom. The molecule has 14 heavy (non-hydrogen) atoms. The van der Waals surface area contributed by atoms with Crippen molar-refractivity contribution in [3.05, 3.63) is 22.4 Å². The summed E-state index contributed by atoms with van der Waals surface area (Å²) in [6.45, 7) is 0.276. The molecule has 0 spiro atoms. The number of ketones is 1. The molecular weight excluding hydrogens is 248 g/mol. The summed E-state index contributed by atoms with van der Waals surface area (Å²) in [5, 5.41) is 2.78. The average Bonchev–Trinajstić information content (AvgIpc) is 2.19. The van der Waals surface area contributed by atoms with Crippen molar-refractivity contribution in [1.29, 1.82) is 0 Å². The maximum Gasteiger partial charge on any atom is 0.195 e. The molecule has 0 aromatic carbocycles. The molecule has 0 fully saturated rings. The minimum absolute atomic E-state index is 0.0571. The van der Waals surface area contributed by atoms with Gasteiger partial charge in [-0.3, -0.25) is 9.78 Å². The molecule has 1 N–H and O–H groups in total. The normalized spacial score (nSPS) is 9.93. The summed E-state index contributed by atoms with van der Waals surface area (Å²) in [5.74, 6) is 0.553. The Hall–Kier alpha value is -0.940. The van der Waals surface area contributed by atoms with E-state index in [4.69, 9.17) is 4.74 Å². The van der Waals surface area contributed by atoms with Crippen LogP contribution >= 0.6 is 15.9 Å². The van der Waals surface area contributed by atoms with Crippen LogP contribution in [0.4, 0.5) is 0 Å². The Morgan fingerprint density at radius 2 is 2.43 bits per heavy atom. The van der Waals surface area contributed by atoms with Crippen molar-refractivity contribution < 1.29 is 9.53 Å². The van der Waals surface area contributed by atoms with Gasteiger partial charge in [0.1, 0.15) is 11.4 Å². The van der Waals surface area contributed by atoms with Gasteiger partial charge in [-0.2, -0.15) is 0 Å². The number of nitrogens with one attached hydrogen (secondary N) is 1. The van der Waals surface area contributed by atoms with Crippen molar-refractivity contribution >= 4 is 21.7 Å². The SMILES string of the molecule is CNCC(=O)c1cc(OC)c(Br)cn1. The van der Waals surface area contributed by atoms with Crippen molar-refractivity contribution in [3.8, 4) is 5.75 Å². The number of hydrogen-bond acceptors (Lipinski definition) is 4. The number of ether oxygens (including phenoxy) is 1. The molecule has 4 nitrogen and oxygen atoms in total. The fraction of sp³-hybridized carbons (Fsp3) is 0.333. The molecule has 0 amide bonds. The second-order valence-corrected chi connectivity index (χ2v) is 3.51. The lowest BCUT2D eigenvalue weighted by Crippen LogP contribution is -2.19. The lowest BCUT2D eigenvalue weighted by atomic mass is 10.2. The van der Waals surface area contributed by atoms with E-state index < -0.39 is 0 Å². The van der Waals surface area contributed by atoms with Crippen LogP contribution in [-0.2, 0) is 0 Å². The number of halogens is 1. The van der Waals surface area contributed by atoms with E-state index in [-0.39, 0.29) is 12.3 Å². The summed E-state index contributed by atoms with van der Waals surface area (Å²) < 4.78 is 5.79. The molecule has 0 saturated carbocycles. The number of hydrogen-bond donors (Lipinski definition) is 1. The fourth-order valence-corrected chi connectivity index (χ4v) is 1.36. The van der Waals surface area contributed by atoms with Crippen LogP contribution in [0.25, 0.3) is 0 Å². The van der Waals surface area contributed by atoms with E-state index in [0.29, 0.717) is 11.4 Å². The first kappa shape index (κ1) is 11.1. The van der Waals surface area contributed by atoms with Crippen LogP contribution in [0, 0.1) is 0 Å². The molecule has 0 saturated heterocycles. The van der Waals surface area contributed by atoms with Gasteiger partial charge in [0.15, 0.2) is 5.78 Å². The number of pyridine rings is 1. The Bertz CT molecular complexity index is 342. The number of aromatic nitrogens is 1. The number of Topliss-reactive ketones (excluding diaryl/α,β-unsaturated/α-hetero) is 1. The van der Waals surface area contributed by atoms with Crippen molar-refractivity contribution in [1.82, 2.24) is 10.3 Å². The van der Waals surface area contributed by atoms with Crippen molar-refractivity contribution in [2.45, 2.75) is 0 Å². The van der Waals surface area contributed by atoms with Gasteiger partial charge in [-0.25, -0.2) is 0 Å². The Balaban J connectivity index is 2.94. The maximum absolute atomic E-state index is 11.4. The molecule has 0 radical (unpaired) electrons. The highest BCUT2D eigenvalue weighted by molar-refractivity contribution is 9.10. The van der Waals surface area contributed by atoms with Crippen molar-refractivity contribution in [2.24, 2.45) is 0 Å². The van der Waals surface area contributed by atoms with Crippen LogP contribution in [0.5, 0.6) is 5.75 Å². The first-order chi connectivity index (χ1) is 6.69. The smallest absolute Gasteiger partial charge is 0.195 e. The van der Waals surface area contributed by atoms with E-state index in [9.17, 15) is 4.79 Å². The van der Waals surface area contributed by atoms with Crippen LogP contribution in [0.2, 0.25) is 0 Å². The number of rotatable bonds is 4. The predicted molar refractivity (Wildman–Crippen MR) is 56.7 cm³/mol. The van der Waals surface area contributed by atoms with Gasteiger partial charge in [0.25, 0.3) is 0 Å². The molecule has 1 aromatic rings. The van der Waals surface area contributed by atoms with E-state index in [1.165, 1.54) is 0 Å². The average molecular weight is 259 g/mol. The van der Waals surface area contributed by atoms with Crippen LogP contribution in [-0.4, -0.2) is 31.5 Å². The van der Waals surface area contributed by atoms with Gasteiger partial charge in [0, 0.05) is 12.3 Å². The molecule has 1 rings (SSSR count). The third-order valence-electron chi connectivity index (χ3n) is 1.66. The molecule has 1 aromatic heterocycles. The molecular formula is C9H11BrN2O2. The monoisotopic (exact) mass is 258 g/mol. The minimum atomic E-state index is -0.0571. The quantitative estimate of drug-likeness (QED) is 0.827. The second kappa shape index (κ2) is 5.07. The van der Waals surface area contributed by atoms with Gasteiger partial charge in [-0.05, 0) is 23.0 Å². The minimum Gasteiger partial charge on any atom is -0.495 e. The third kappa shape index (κ3) is 2.52. The second-order valence-electron chi connectivity index (χ2n) is 2.66. The summed E-state index contributed by atoms with van der Waals surface area (Å²) in [7, 11) is 3.26. The fourth-order valence-electron chi connectivity index (χ4n) is 0.980. The number of carbonyl (C=O) groups excluding carboxylic acids is 1. The van der Waals surface area contributed by atoms with Crippen molar-refractivity contribution in [3.63, 3.8) is 0 Å². The van der Waals surface area contributed by atoms with Gasteiger partial charge >= 0.3 is 0 Å². The molecule has 0 aliphatic carbocycles. The summed E-state index contributed by atoms with van der Waals surface area (Å²) >= 11 is 3.26. The van der Waals surface area contributed by atoms with E-state index in [2.05, 4.69) is 26.2 Å². The van der Waals surface area contributed by atoms with E-state index in [0.717, 1.165) is 4.47 Å². The first-order valence-electron chi connectivity index (χ1n) is 4.06. The number of carbonyl (C=O) groups is 1. The summed E-state index contributed by atoms with van der Waals surface area (Å²) in [5.41, 5.74) is 0.402. The zero-order valence-electron chi connectivity index (χ0n) is 8.00. The van der Waals surface area contributed by atoms with Crippen LogP contribution in [0.15, 0.2) is 16.7 Å². The lowest BCUT2D eigenvalue weighted by molar-refractivity contribution is 0.0988. The largest absolute Gasteiger partial charge is 0.495 e. The summed E-state index contributed by atoms with van der Waals surface area (Å²) in [4.78, 5) is 15.4. The predicted octanol–water partition coefficient (Wildman–Crippen LogP) is 1.25. The standard InChI is InChI=1S/C9H11BrN2O2/c1-11-5-8(13)7-3-9(14-2)6(10)4-12-7/h3-4,11H,5H2,1-2H3. The van der Waals surface area contributed by atoms with Crippen LogP contribution in [0.3, 0.4) is 0 Å². The molecule has 5 heteroatoms. The number of methoxy groups -OCH3 is 1. The highest BCUT2D eigenvalue weighted by atomic mass is 79.9. The molecule has 0 aliphatic rings. The van der Waals surface area contributed by atoms with Gasteiger partial charge in [0.05, 0.1) is 18.1 Å². The molecule has 0 bridgehead atoms. The molecule has 1 heterocycles. The van der Waals surface area contributed by atoms with Gasteiger partial charge in [0.2, 0.25) is 0 Å². The zero-order chi connectivity index (χ0) is 10.6. The molecule has 76 valence electrons. The Labute approximate surface area is 90.8 Å². The first-order valence-corrected chi connectivity index (χ1v) is 4.85. The van der Waals surface area contributed by atoms with Gasteiger partial charge in [-0.1, -0.05) is 0 Å². The highest BCUT2D eigenvalue weighted by Gasteiger charge is 2.09. The number of likely N-dealkylation sites (N-methyl/N-ethyl adjacent to an activating group) is 1. The highest BCUT2D eigenvalue weighted by Crippen LogP contribution is 2.23. The molecule has 0 atom stereocenters. The lowest BCUT2D eigenvalue weighted by Gasteiger charge is -2.04. The van der Waals surface area contributed by atoms with E-state index in [1.54, 1.807) is 26.4 Å². The third-order valence-corrected chi connectivity index (χ3v) is 2.26. The van der Waals surface area contributed by atoms with Crippen LogP contribution in [0.1, 0.15) is 10.5 Å². The summed E-state index contributed by atoms with van der Waals surface area (Å²) in [6, 6.07) is 1.61. The zero-order valence-corrected chi connectivity index (χ0v) is 9.59. The Kier molecular flexibility index (Phi) is 4.03. The maximum atomic E-state index is 11.4. The van der Waals surface area contributed by atoms with Crippen molar-refractivity contribution in [2.75, 3.05) is 20.7 Å². The van der Waals surface area contributed by atoms with E-state index in [1.807, 2.05) is 0 Å². The van der Waals surface area contributed by atoms with Gasteiger partial charge in [-0.15, -0.1) is 0 Å². The van der Waals surface area contributed by atoms with Crippen LogP contribution < -0.4 is 10.1 Å². The van der Waals surface area contributed by atoms with E-state index >= 15 is 0 Å². The molecule has 0 aliphatic heterocycles. The molecule has 0 unspecified atom stereocenters. The topological polar surface area (TPSA) is 51.2 Å². The number of nitrogens with zero attached hydrogens (tertiary/aromatic N) is 1. The summed E-state index contributed by atoms with van der Waals surface area (Å²) in [6.07, 6.45) is 1.56. The Morgan fingerprint density at radius 1 is 1.71 bits per heavy atom. The van der Waals surface area contributed by atoms with Gasteiger partial charge < -0.3 is 10.1 Å².